The summed E-state index contributed by atoms with van der Waals surface area (Å²) in [5.41, 5.74) is 2.82. The van der Waals surface area contributed by atoms with E-state index in [1.54, 1.807) is 19.4 Å². The van der Waals surface area contributed by atoms with E-state index in [0.717, 1.165) is 94.6 Å². The molecule has 5 aliphatic rings. The molecule has 7 nitrogen and oxygen atoms in total. The number of Topliss-reactive ketones (excluding diaryl/α,β-unsaturated/α-hetero) is 1. The van der Waals surface area contributed by atoms with Crippen LogP contribution in [0.3, 0.4) is 0 Å². The maximum Gasteiger partial charge on any atom is 0.309 e. The van der Waals surface area contributed by atoms with Crippen molar-refractivity contribution in [2.75, 3.05) is 40.3 Å². The summed E-state index contributed by atoms with van der Waals surface area (Å²) in [4.78, 5) is 44.3. The van der Waals surface area contributed by atoms with Crippen molar-refractivity contribution >= 4 is 29.3 Å². The molecule has 56 heavy (non-hydrogen) atoms. The highest BCUT2D eigenvalue weighted by molar-refractivity contribution is 6.30. The van der Waals surface area contributed by atoms with Crippen LogP contribution in [-0.2, 0) is 25.5 Å². The number of likely N-dealkylation sites (N-methyl/N-ethyl adjacent to an activating group) is 1. The Morgan fingerprint density at radius 1 is 0.893 bits per heavy atom. The fourth-order valence-corrected chi connectivity index (χ4v) is 13.8. The van der Waals surface area contributed by atoms with Gasteiger partial charge in [-0.2, -0.15) is 0 Å². The molecule has 0 unspecified atom stereocenters. The van der Waals surface area contributed by atoms with Gasteiger partial charge in [-0.15, -0.1) is 0 Å². The highest BCUT2D eigenvalue weighted by atomic mass is 35.5. The number of carbonyl (C=O) groups excluding carboxylic acids is 2. The number of benzene rings is 1. The van der Waals surface area contributed by atoms with Crippen molar-refractivity contribution in [2.45, 2.75) is 139 Å². The summed E-state index contributed by atoms with van der Waals surface area (Å²) in [5.74, 6) is 0.577. The third-order valence-electron chi connectivity index (χ3n) is 17.0. The summed E-state index contributed by atoms with van der Waals surface area (Å²) >= 11 is 6.24. The van der Waals surface area contributed by atoms with Crippen LogP contribution in [0.15, 0.2) is 35.4 Å². The lowest BCUT2D eigenvalue weighted by atomic mass is 9.33. The van der Waals surface area contributed by atoms with Gasteiger partial charge in [0, 0.05) is 48.5 Å². The van der Waals surface area contributed by atoms with E-state index in [1.807, 2.05) is 12.1 Å². The summed E-state index contributed by atoms with van der Waals surface area (Å²) in [6, 6.07) is 8.28. The van der Waals surface area contributed by atoms with E-state index in [9.17, 15) is 19.5 Å². The minimum atomic E-state index is -1.15. The number of nitrogens with zero attached hydrogens (tertiary/aromatic N) is 2. The molecule has 8 heteroatoms. The van der Waals surface area contributed by atoms with Crippen molar-refractivity contribution in [1.82, 2.24) is 9.80 Å². The molecule has 0 amide bonds. The summed E-state index contributed by atoms with van der Waals surface area (Å²) < 4.78 is 6.21. The molecule has 312 valence electrons. The highest BCUT2D eigenvalue weighted by Gasteiger charge is 2.70. The van der Waals surface area contributed by atoms with Crippen LogP contribution >= 0.6 is 11.6 Å². The number of rotatable bonds is 13. The predicted molar refractivity (Wildman–Crippen MR) is 225 cm³/mol. The first kappa shape index (κ1) is 43.4. The SMILES string of the molecule is CC(C)C1=C2[C@H]3CC[C@@H]4[C@@]5(C)CC[C@H](OC(=O)CC(C)(C)C(=O)O)C(C)(C)[C@@H]5CC[C@@]4(C)[C@]3(C)CC[C@@]2(CN(CCc2ccc(Cl)cc2)CCN(C)C)CC1=O. The number of ether oxygens (including phenoxy) is 1. The zero-order chi connectivity index (χ0) is 41.2. The van der Waals surface area contributed by atoms with Crippen LogP contribution in [-0.4, -0.2) is 79.0 Å². The molecule has 4 fully saturated rings. The lowest BCUT2D eigenvalue weighted by Gasteiger charge is -2.72. The Morgan fingerprint density at radius 3 is 2.20 bits per heavy atom. The third-order valence-corrected chi connectivity index (χ3v) is 17.2. The number of fused-ring (bicyclic) bond motifs is 7. The molecule has 1 aromatic carbocycles. The van der Waals surface area contributed by atoms with Gasteiger partial charge in [0.05, 0.1) is 11.8 Å². The third kappa shape index (κ3) is 7.46. The van der Waals surface area contributed by atoms with Gasteiger partial charge in [-0.3, -0.25) is 14.4 Å². The first-order chi connectivity index (χ1) is 26.0. The zero-order valence-corrected chi connectivity index (χ0v) is 37.4. The second-order valence-electron chi connectivity index (χ2n) is 21.6. The van der Waals surface area contributed by atoms with Gasteiger partial charge >= 0.3 is 11.9 Å². The van der Waals surface area contributed by atoms with E-state index < -0.39 is 17.4 Å². The van der Waals surface area contributed by atoms with Crippen LogP contribution in [0.2, 0.25) is 5.02 Å². The van der Waals surface area contributed by atoms with E-state index in [-0.39, 0.29) is 45.5 Å². The first-order valence-corrected chi connectivity index (χ1v) is 22.2. The van der Waals surface area contributed by atoms with Crippen LogP contribution in [0, 0.1) is 56.2 Å². The molecule has 0 aromatic heterocycles. The Kier molecular flexibility index (Phi) is 11.9. The second-order valence-corrected chi connectivity index (χ2v) is 22.1. The monoisotopic (exact) mass is 793 g/mol. The lowest BCUT2D eigenvalue weighted by Crippen LogP contribution is -2.66. The molecule has 4 saturated carbocycles. The number of aliphatic carboxylic acids is 1. The van der Waals surface area contributed by atoms with E-state index in [2.05, 4.69) is 84.5 Å². The summed E-state index contributed by atoms with van der Waals surface area (Å²) in [6.07, 6.45) is 9.84. The number of hydrogen-bond donors (Lipinski definition) is 1. The Labute approximate surface area is 343 Å². The summed E-state index contributed by atoms with van der Waals surface area (Å²) in [5, 5.41) is 10.4. The number of carbonyl (C=O) groups is 3. The minimum Gasteiger partial charge on any atom is -0.481 e. The molecule has 0 heterocycles. The summed E-state index contributed by atoms with van der Waals surface area (Å²) in [6.45, 7) is 24.0. The average molecular weight is 794 g/mol. The van der Waals surface area contributed by atoms with Crippen LogP contribution in [0.1, 0.15) is 132 Å². The smallest absolute Gasteiger partial charge is 0.309 e. The highest BCUT2D eigenvalue weighted by Crippen LogP contribution is 2.76. The van der Waals surface area contributed by atoms with E-state index in [0.29, 0.717) is 30.0 Å². The number of esters is 1. The van der Waals surface area contributed by atoms with Gasteiger partial charge in [-0.1, -0.05) is 77.8 Å². The van der Waals surface area contributed by atoms with Crippen LogP contribution in [0.4, 0.5) is 0 Å². The molecule has 5 aliphatic carbocycles. The first-order valence-electron chi connectivity index (χ1n) is 21.8. The maximum atomic E-state index is 14.4. The van der Waals surface area contributed by atoms with Crippen molar-refractivity contribution in [1.29, 1.82) is 0 Å². The number of halogens is 1. The van der Waals surface area contributed by atoms with Gasteiger partial charge in [0.1, 0.15) is 6.10 Å². The number of carboxylic acid groups (broad SMARTS) is 1. The van der Waals surface area contributed by atoms with E-state index in [4.69, 9.17) is 16.3 Å². The molecule has 0 aliphatic heterocycles. The normalized spacial score (nSPS) is 35.3. The van der Waals surface area contributed by atoms with E-state index >= 15 is 0 Å². The largest absolute Gasteiger partial charge is 0.481 e. The quantitative estimate of drug-likeness (QED) is 0.199. The van der Waals surface area contributed by atoms with Crippen molar-refractivity contribution in [2.24, 2.45) is 56.2 Å². The molecular formula is C48H73ClN2O5. The van der Waals surface area contributed by atoms with Crippen LogP contribution in [0.25, 0.3) is 0 Å². The van der Waals surface area contributed by atoms with Gasteiger partial charge in [0.15, 0.2) is 5.78 Å². The molecular weight excluding hydrogens is 720 g/mol. The maximum absolute atomic E-state index is 14.4. The number of ketones is 1. The Bertz CT molecular complexity index is 1700. The van der Waals surface area contributed by atoms with Gasteiger partial charge in [0.2, 0.25) is 0 Å². The van der Waals surface area contributed by atoms with Crippen LogP contribution in [0.5, 0.6) is 0 Å². The fourth-order valence-electron chi connectivity index (χ4n) is 13.7. The fraction of sp³-hybridized carbons (Fsp3) is 0.771. The van der Waals surface area contributed by atoms with Crippen molar-refractivity contribution in [3.63, 3.8) is 0 Å². The summed E-state index contributed by atoms with van der Waals surface area (Å²) in [7, 11) is 4.31. The Balaban J connectivity index is 1.28. The number of allylic oxidation sites excluding steroid dienone is 1. The number of hydrogen-bond acceptors (Lipinski definition) is 6. The van der Waals surface area contributed by atoms with Gasteiger partial charge < -0.3 is 19.6 Å². The van der Waals surface area contributed by atoms with Crippen molar-refractivity contribution in [3.05, 3.63) is 46.0 Å². The molecule has 0 bridgehead atoms. The molecule has 0 radical (unpaired) electrons. The average Bonchev–Trinajstić information content (AvgIpc) is 3.39. The molecule has 1 aromatic rings. The Morgan fingerprint density at radius 2 is 1.57 bits per heavy atom. The van der Waals surface area contributed by atoms with Gasteiger partial charge in [-0.05, 0) is 149 Å². The van der Waals surface area contributed by atoms with Gasteiger partial charge in [0.25, 0.3) is 0 Å². The van der Waals surface area contributed by atoms with Crippen molar-refractivity contribution in [3.8, 4) is 0 Å². The second kappa shape index (κ2) is 15.4. The molecule has 6 rings (SSSR count). The van der Waals surface area contributed by atoms with Crippen LogP contribution < -0.4 is 0 Å². The lowest BCUT2D eigenvalue weighted by molar-refractivity contribution is -0.233. The minimum absolute atomic E-state index is 0.0845. The topological polar surface area (TPSA) is 87.2 Å². The van der Waals surface area contributed by atoms with E-state index in [1.165, 1.54) is 5.56 Å². The molecule has 8 atom stereocenters. The Hall–Kier alpha value is -2.22. The molecule has 1 N–H and O–H groups in total. The van der Waals surface area contributed by atoms with Crippen molar-refractivity contribution < 1.29 is 24.2 Å². The predicted octanol–water partition coefficient (Wildman–Crippen LogP) is 10.1. The number of carboxylic acids is 1. The van der Waals surface area contributed by atoms with Gasteiger partial charge in [-0.25, -0.2) is 0 Å². The standard InChI is InChI=1S/C48H73ClN2O5/c1-31(2)40-35(52)28-48(30-51(27-26-50(10)11)25-20-32-12-14-33(49)15-13-32)24-23-46(8)34(41(40)48)16-17-37-45(7)21-19-38(56-39(53)29-43(3,4)42(54)55)44(5,6)36(45)18-22-47(37,46)9/h12-15,31,34,36-38H,16-30H2,1-11H3,(H,54,55)/t34-,36+,37-,38+,45+,46-,47-,48+/m1/s1. The molecule has 0 spiro atoms. The molecule has 0 saturated heterocycles. The zero-order valence-electron chi connectivity index (χ0n) is 36.7.